The Morgan fingerprint density at radius 2 is 2.00 bits per heavy atom. The quantitative estimate of drug-likeness (QED) is 0.853. The van der Waals surface area contributed by atoms with Gasteiger partial charge in [0.05, 0.1) is 11.6 Å². The number of benzene rings is 1. The first-order chi connectivity index (χ1) is 9.47. The lowest BCUT2D eigenvalue weighted by Gasteiger charge is -2.17. The lowest BCUT2D eigenvalue weighted by Crippen LogP contribution is -2.16. The summed E-state index contributed by atoms with van der Waals surface area (Å²) in [6, 6.07) is 9.64. The van der Waals surface area contributed by atoms with Gasteiger partial charge in [-0.3, -0.25) is 0 Å². The van der Waals surface area contributed by atoms with Gasteiger partial charge < -0.3 is 10.5 Å². The predicted molar refractivity (Wildman–Crippen MR) is 87.2 cm³/mol. The Bertz CT molecular complexity index is 625. The van der Waals surface area contributed by atoms with Gasteiger partial charge in [-0.25, -0.2) is 4.98 Å². The number of hydrogen-bond donors (Lipinski definition) is 1. The van der Waals surface area contributed by atoms with Crippen LogP contribution in [0, 0.1) is 5.92 Å². The van der Waals surface area contributed by atoms with Gasteiger partial charge in [0.2, 0.25) is 5.88 Å². The maximum absolute atomic E-state index is 5.90. The summed E-state index contributed by atoms with van der Waals surface area (Å²) < 4.78 is 5.90. The lowest BCUT2D eigenvalue weighted by atomic mass is 10.1. The molecule has 3 nitrogen and oxygen atoms in total. The fourth-order valence-corrected chi connectivity index (χ4v) is 2.50. The van der Waals surface area contributed by atoms with Gasteiger partial charge in [-0.2, -0.15) is 0 Å². The molecular weight excluding hydrogens is 268 g/mol. The topological polar surface area (TPSA) is 48.1 Å². The fourth-order valence-electron chi connectivity index (χ4n) is 2.33. The van der Waals surface area contributed by atoms with Gasteiger partial charge >= 0.3 is 0 Å². The molecule has 1 unspecified atom stereocenters. The van der Waals surface area contributed by atoms with Crippen molar-refractivity contribution < 1.29 is 4.74 Å². The van der Waals surface area contributed by atoms with Gasteiger partial charge in [0.1, 0.15) is 4.99 Å². The molecule has 1 aromatic heterocycles. The molecule has 2 aromatic rings. The molecule has 0 aliphatic heterocycles. The fraction of sp³-hybridized carbons (Fsp3) is 0.375. The van der Waals surface area contributed by atoms with Crippen LogP contribution in [0.15, 0.2) is 30.3 Å². The highest BCUT2D eigenvalue weighted by atomic mass is 32.1. The molecule has 0 saturated carbocycles. The molecule has 0 bridgehead atoms. The molecule has 2 N–H and O–H groups in total. The van der Waals surface area contributed by atoms with Crippen molar-refractivity contribution in [1.29, 1.82) is 0 Å². The summed E-state index contributed by atoms with van der Waals surface area (Å²) in [5, 5.41) is 0.962. The number of nitrogens with two attached hydrogens (primary N) is 1. The standard InChI is InChI=1S/C16H20N2OS/c1-10(2)8-11(3)19-15-9-13(16(17)20)12-6-4-5-7-14(12)18-15/h4-7,9-11H,8H2,1-3H3,(H2,17,20). The smallest absolute Gasteiger partial charge is 0.214 e. The molecule has 1 aromatic carbocycles. The van der Waals surface area contributed by atoms with Gasteiger partial charge in [-0.15, -0.1) is 0 Å². The average molecular weight is 288 g/mol. The van der Waals surface area contributed by atoms with E-state index in [0.717, 1.165) is 22.9 Å². The van der Waals surface area contributed by atoms with E-state index in [9.17, 15) is 0 Å². The summed E-state index contributed by atoms with van der Waals surface area (Å²) in [5.74, 6) is 1.17. The molecule has 0 fully saturated rings. The number of aromatic nitrogens is 1. The van der Waals surface area contributed by atoms with Crippen molar-refractivity contribution in [2.75, 3.05) is 0 Å². The Morgan fingerprint density at radius 1 is 1.30 bits per heavy atom. The third kappa shape index (κ3) is 3.45. The van der Waals surface area contributed by atoms with E-state index in [0.29, 0.717) is 16.8 Å². The van der Waals surface area contributed by atoms with E-state index >= 15 is 0 Å². The number of hydrogen-bond acceptors (Lipinski definition) is 3. The van der Waals surface area contributed by atoms with Crippen molar-refractivity contribution >= 4 is 28.1 Å². The van der Waals surface area contributed by atoms with Crippen LogP contribution >= 0.6 is 12.2 Å². The average Bonchev–Trinajstić information content (AvgIpc) is 2.36. The van der Waals surface area contributed by atoms with E-state index in [1.165, 1.54) is 0 Å². The Morgan fingerprint density at radius 3 is 2.65 bits per heavy atom. The Labute approximate surface area is 125 Å². The highest BCUT2D eigenvalue weighted by Crippen LogP contribution is 2.23. The number of nitrogens with zero attached hydrogens (tertiary/aromatic N) is 1. The molecule has 0 aliphatic rings. The summed E-state index contributed by atoms with van der Waals surface area (Å²) in [6.45, 7) is 6.40. The minimum atomic E-state index is 0.114. The molecule has 2 rings (SSSR count). The summed E-state index contributed by atoms with van der Waals surface area (Å²) in [7, 11) is 0. The van der Waals surface area contributed by atoms with Crippen LogP contribution in [0.3, 0.4) is 0 Å². The minimum absolute atomic E-state index is 0.114. The maximum Gasteiger partial charge on any atom is 0.214 e. The second kappa shape index (κ2) is 6.18. The van der Waals surface area contributed by atoms with E-state index in [-0.39, 0.29) is 6.10 Å². The minimum Gasteiger partial charge on any atom is -0.475 e. The zero-order valence-electron chi connectivity index (χ0n) is 12.1. The van der Waals surface area contributed by atoms with Crippen molar-refractivity contribution in [2.24, 2.45) is 11.7 Å². The third-order valence-electron chi connectivity index (χ3n) is 3.08. The summed E-state index contributed by atoms with van der Waals surface area (Å²) >= 11 is 5.13. The van der Waals surface area contributed by atoms with Crippen molar-refractivity contribution in [3.8, 4) is 5.88 Å². The van der Waals surface area contributed by atoms with Crippen LogP contribution in [0.25, 0.3) is 10.9 Å². The van der Waals surface area contributed by atoms with E-state index in [1.54, 1.807) is 0 Å². The number of para-hydroxylation sites is 1. The van der Waals surface area contributed by atoms with Crippen molar-refractivity contribution in [1.82, 2.24) is 4.98 Å². The molecule has 0 amide bonds. The molecule has 1 heterocycles. The molecule has 0 aliphatic carbocycles. The Hall–Kier alpha value is -1.68. The number of thiocarbonyl (C=S) groups is 1. The molecule has 0 saturated heterocycles. The maximum atomic E-state index is 5.90. The number of fused-ring (bicyclic) bond motifs is 1. The monoisotopic (exact) mass is 288 g/mol. The molecule has 4 heteroatoms. The lowest BCUT2D eigenvalue weighted by molar-refractivity contribution is 0.186. The molecular formula is C16H20N2OS. The molecule has 106 valence electrons. The normalized spacial score (nSPS) is 12.6. The number of ether oxygens (including phenoxy) is 1. The van der Waals surface area contributed by atoms with Crippen LogP contribution in [0.5, 0.6) is 5.88 Å². The second-order valence-corrected chi connectivity index (χ2v) is 5.89. The van der Waals surface area contributed by atoms with Crippen molar-refractivity contribution in [3.05, 3.63) is 35.9 Å². The molecule has 0 spiro atoms. The Kier molecular flexibility index (Phi) is 4.55. The highest BCUT2D eigenvalue weighted by molar-refractivity contribution is 7.80. The van der Waals surface area contributed by atoms with E-state index < -0.39 is 0 Å². The molecule has 0 radical (unpaired) electrons. The van der Waals surface area contributed by atoms with Crippen LogP contribution in [0.1, 0.15) is 32.8 Å². The van der Waals surface area contributed by atoms with E-state index in [2.05, 4.69) is 25.8 Å². The number of pyridine rings is 1. The van der Waals surface area contributed by atoms with Gasteiger partial charge in [0, 0.05) is 17.0 Å². The van der Waals surface area contributed by atoms with Gasteiger partial charge in [0.25, 0.3) is 0 Å². The SMILES string of the molecule is CC(C)CC(C)Oc1cc(C(N)=S)c2ccccc2n1. The first kappa shape index (κ1) is 14.7. The largest absolute Gasteiger partial charge is 0.475 e. The highest BCUT2D eigenvalue weighted by Gasteiger charge is 2.12. The van der Waals surface area contributed by atoms with Gasteiger partial charge in [-0.1, -0.05) is 44.3 Å². The predicted octanol–water partition coefficient (Wildman–Crippen LogP) is 3.68. The zero-order valence-corrected chi connectivity index (χ0v) is 12.9. The van der Waals surface area contributed by atoms with Crippen LogP contribution in [0.2, 0.25) is 0 Å². The Balaban J connectivity index is 2.37. The van der Waals surface area contributed by atoms with E-state index in [1.807, 2.05) is 30.3 Å². The summed E-state index contributed by atoms with van der Waals surface area (Å²) in [4.78, 5) is 4.89. The van der Waals surface area contributed by atoms with Crippen molar-refractivity contribution in [3.63, 3.8) is 0 Å². The van der Waals surface area contributed by atoms with Crippen LogP contribution in [0.4, 0.5) is 0 Å². The van der Waals surface area contributed by atoms with E-state index in [4.69, 9.17) is 22.7 Å². The first-order valence-corrected chi connectivity index (χ1v) is 7.24. The third-order valence-corrected chi connectivity index (χ3v) is 3.30. The summed E-state index contributed by atoms with van der Waals surface area (Å²) in [5.41, 5.74) is 7.48. The van der Waals surface area contributed by atoms with Gasteiger partial charge in [-0.05, 0) is 25.3 Å². The van der Waals surface area contributed by atoms with Crippen LogP contribution in [-0.4, -0.2) is 16.1 Å². The van der Waals surface area contributed by atoms with Crippen LogP contribution in [-0.2, 0) is 0 Å². The number of rotatable bonds is 5. The zero-order chi connectivity index (χ0) is 14.7. The molecule has 1 atom stereocenters. The second-order valence-electron chi connectivity index (χ2n) is 5.45. The summed E-state index contributed by atoms with van der Waals surface area (Å²) in [6.07, 6.45) is 1.10. The van der Waals surface area contributed by atoms with Gasteiger partial charge in [0.15, 0.2) is 0 Å². The van der Waals surface area contributed by atoms with Crippen LogP contribution < -0.4 is 10.5 Å². The van der Waals surface area contributed by atoms with Crippen molar-refractivity contribution in [2.45, 2.75) is 33.3 Å². The first-order valence-electron chi connectivity index (χ1n) is 6.83. The molecule has 20 heavy (non-hydrogen) atoms.